The molecule has 0 bridgehead atoms. The van der Waals surface area contributed by atoms with Gasteiger partial charge in [0, 0.05) is 26.7 Å². The van der Waals surface area contributed by atoms with E-state index in [2.05, 4.69) is 20.8 Å². The first-order valence-electron chi connectivity index (χ1n) is 9.06. The van der Waals surface area contributed by atoms with Crippen LogP contribution >= 0.6 is 0 Å². The molecule has 0 aromatic carbocycles. The lowest BCUT2D eigenvalue weighted by Crippen LogP contribution is -2.49. The Morgan fingerprint density at radius 3 is 2.75 bits per heavy atom. The zero-order valence-electron chi connectivity index (χ0n) is 14.9. The quantitative estimate of drug-likeness (QED) is 0.635. The Morgan fingerprint density at radius 1 is 1.29 bits per heavy atom. The molecule has 1 aromatic heterocycles. The molecule has 1 aliphatic carbocycles. The lowest BCUT2D eigenvalue weighted by Gasteiger charge is -2.35. The standard InChI is InChI=1S/C17H30N4O3/c1-3-23-12-8-7-11-18-15(22)13-19-17(9-5-4-6-10-17)16-20-14(2)24-21-16/h19H,3-13H2,1-2H3,(H,18,22). The van der Waals surface area contributed by atoms with Crippen molar-refractivity contribution < 1.29 is 14.1 Å². The number of hydrogen-bond acceptors (Lipinski definition) is 6. The van der Waals surface area contributed by atoms with Crippen molar-refractivity contribution in [3.05, 3.63) is 11.7 Å². The Hall–Kier alpha value is -1.47. The summed E-state index contributed by atoms with van der Waals surface area (Å²) in [5.74, 6) is 1.26. The molecule has 0 radical (unpaired) electrons. The number of unbranched alkanes of at least 4 members (excludes halogenated alkanes) is 1. The SMILES string of the molecule is CCOCCCCNC(=O)CNC1(c2noc(C)n2)CCCCC1. The molecule has 24 heavy (non-hydrogen) atoms. The van der Waals surface area contributed by atoms with Crippen molar-refractivity contribution in [3.63, 3.8) is 0 Å². The van der Waals surface area contributed by atoms with E-state index in [1.165, 1.54) is 6.42 Å². The second-order valence-electron chi connectivity index (χ2n) is 6.39. The topological polar surface area (TPSA) is 89.3 Å². The van der Waals surface area contributed by atoms with Crippen LogP contribution in [0, 0.1) is 6.92 Å². The summed E-state index contributed by atoms with van der Waals surface area (Å²) in [4.78, 5) is 16.5. The van der Waals surface area contributed by atoms with E-state index in [0.717, 1.165) is 51.7 Å². The first-order valence-corrected chi connectivity index (χ1v) is 9.06. The van der Waals surface area contributed by atoms with Crippen molar-refractivity contribution in [2.75, 3.05) is 26.3 Å². The highest BCUT2D eigenvalue weighted by molar-refractivity contribution is 5.78. The largest absolute Gasteiger partial charge is 0.382 e. The van der Waals surface area contributed by atoms with Crippen LogP contribution in [-0.4, -0.2) is 42.4 Å². The third-order valence-corrected chi connectivity index (χ3v) is 4.49. The average Bonchev–Trinajstić information content (AvgIpc) is 3.04. The van der Waals surface area contributed by atoms with E-state index in [1.807, 2.05) is 6.92 Å². The molecular weight excluding hydrogens is 308 g/mol. The van der Waals surface area contributed by atoms with Crippen molar-refractivity contribution in [1.29, 1.82) is 0 Å². The number of carbonyl (C=O) groups excluding carboxylic acids is 1. The molecule has 0 aliphatic heterocycles. The monoisotopic (exact) mass is 338 g/mol. The van der Waals surface area contributed by atoms with Crippen LogP contribution in [0.4, 0.5) is 0 Å². The minimum atomic E-state index is -0.331. The van der Waals surface area contributed by atoms with Crippen molar-refractivity contribution in [3.8, 4) is 0 Å². The van der Waals surface area contributed by atoms with E-state index < -0.39 is 0 Å². The van der Waals surface area contributed by atoms with Crippen LogP contribution < -0.4 is 10.6 Å². The molecule has 0 atom stereocenters. The van der Waals surface area contributed by atoms with Gasteiger partial charge in [0.2, 0.25) is 11.8 Å². The lowest BCUT2D eigenvalue weighted by atomic mass is 9.81. The summed E-state index contributed by atoms with van der Waals surface area (Å²) in [5, 5.41) is 10.5. The van der Waals surface area contributed by atoms with Gasteiger partial charge in [-0.2, -0.15) is 4.98 Å². The van der Waals surface area contributed by atoms with Gasteiger partial charge in [0.1, 0.15) is 0 Å². The number of amides is 1. The van der Waals surface area contributed by atoms with E-state index in [-0.39, 0.29) is 18.0 Å². The molecule has 1 aliphatic rings. The zero-order chi connectivity index (χ0) is 17.3. The predicted octanol–water partition coefficient (Wildman–Crippen LogP) is 2.06. The first-order chi connectivity index (χ1) is 11.7. The number of hydrogen-bond donors (Lipinski definition) is 2. The summed E-state index contributed by atoms with van der Waals surface area (Å²) in [6.45, 7) is 6.24. The van der Waals surface area contributed by atoms with Crippen LogP contribution in [0.3, 0.4) is 0 Å². The molecule has 1 aromatic rings. The molecule has 2 N–H and O–H groups in total. The smallest absolute Gasteiger partial charge is 0.233 e. The highest BCUT2D eigenvalue weighted by atomic mass is 16.5. The van der Waals surface area contributed by atoms with Crippen LogP contribution in [0.5, 0.6) is 0 Å². The van der Waals surface area contributed by atoms with Crippen LogP contribution in [0.1, 0.15) is 63.6 Å². The Morgan fingerprint density at radius 2 is 2.08 bits per heavy atom. The summed E-state index contributed by atoms with van der Waals surface area (Å²) >= 11 is 0. The fourth-order valence-corrected chi connectivity index (χ4v) is 3.14. The molecule has 1 heterocycles. The van der Waals surface area contributed by atoms with Crippen molar-refractivity contribution in [1.82, 2.24) is 20.8 Å². The Balaban J connectivity index is 1.77. The molecule has 7 heteroatoms. The molecule has 136 valence electrons. The molecular formula is C17H30N4O3. The molecule has 1 amide bonds. The predicted molar refractivity (Wildman–Crippen MR) is 90.5 cm³/mol. The number of ether oxygens (including phenoxy) is 1. The van der Waals surface area contributed by atoms with Gasteiger partial charge in [0.15, 0.2) is 5.82 Å². The second-order valence-corrected chi connectivity index (χ2v) is 6.39. The Labute approximate surface area is 143 Å². The number of rotatable bonds is 10. The number of aromatic nitrogens is 2. The minimum Gasteiger partial charge on any atom is -0.382 e. The van der Waals surface area contributed by atoms with Crippen LogP contribution in [0.15, 0.2) is 4.52 Å². The number of nitrogens with zero attached hydrogens (tertiary/aromatic N) is 2. The summed E-state index contributed by atoms with van der Waals surface area (Å²) in [7, 11) is 0. The van der Waals surface area contributed by atoms with E-state index in [1.54, 1.807) is 6.92 Å². The van der Waals surface area contributed by atoms with Crippen molar-refractivity contribution >= 4 is 5.91 Å². The molecule has 0 saturated heterocycles. The third-order valence-electron chi connectivity index (χ3n) is 4.49. The van der Waals surface area contributed by atoms with E-state index in [0.29, 0.717) is 18.3 Å². The maximum atomic E-state index is 12.1. The number of carbonyl (C=O) groups is 1. The summed E-state index contributed by atoms with van der Waals surface area (Å²) < 4.78 is 10.4. The third kappa shape index (κ3) is 5.56. The second kappa shape index (κ2) is 9.74. The molecule has 0 spiro atoms. The Bertz CT molecular complexity index is 498. The average molecular weight is 338 g/mol. The lowest BCUT2D eigenvalue weighted by molar-refractivity contribution is -0.120. The van der Waals surface area contributed by atoms with E-state index in [4.69, 9.17) is 9.26 Å². The summed E-state index contributed by atoms with van der Waals surface area (Å²) in [6.07, 6.45) is 7.21. The molecule has 0 unspecified atom stereocenters. The highest BCUT2D eigenvalue weighted by Crippen LogP contribution is 2.35. The van der Waals surface area contributed by atoms with Crippen LogP contribution in [0.25, 0.3) is 0 Å². The zero-order valence-corrected chi connectivity index (χ0v) is 14.9. The van der Waals surface area contributed by atoms with Crippen LogP contribution in [0.2, 0.25) is 0 Å². The molecule has 1 saturated carbocycles. The van der Waals surface area contributed by atoms with Gasteiger partial charge in [0.05, 0.1) is 12.1 Å². The van der Waals surface area contributed by atoms with Crippen molar-refractivity contribution in [2.24, 2.45) is 0 Å². The normalized spacial score (nSPS) is 16.9. The van der Waals surface area contributed by atoms with Gasteiger partial charge in [-0.25, -0.2) is 0 Å². The summed E-state index contributed by atoms with van der Waals surface area (Å²) in [6, 6.07) is 0. The van der Waals surface area contributed by atoms with Gasteiger partial charge in [-0.1, -0.05) is 24.4 Å². The first kappa shape index (κ1) is 18.9. The van der Waals surface area contributed by atoms with Gasteiger partial charge in [-0.15, -0.1) is 0 Å². The fraction of sp³-hybridized carbons (Fsp3) is 0.824. The molecule has 2 rings (SSSR count). The molecule has 7 nitrogen and oxygen atoms in total. The van der Waals surface area contributed by atoms with Crippen molar-refractivity contribution in [2.45, 2.75) is 64.3 Å². The molecule has 1 fully saturated rings. The maximum Gasteiger partial charge on any atom is 0.233 e. The van der Waals surface area contributed by atoms with Gasteiger partial charge in [-0.05, 0) is 32.6 Å². The highest BCUT2D eigenvalue weighted by Gasteiger charge is 2.38. The van der Waals surface area contributed by atoms with E-state index >= 15 is 0 Å². The number of nitrogens with one attached hydrogen (secondary N) is 2. The summed E-state index contributed by atoms with van der Waals surface area (Å²) in [5.41, 5.74) is -0.331. The van der Waals surface area contributed by atoms with Gasteiger partial charge >= 0.3 is 0 Å². The van der Waals surface area contributed by atoms with Gasteiger partial charge in [-0.3, -0.25) is 10.1 Å². The maximum absolute atomic E-state index is 12.1. The van der Waals surface area contributed by atoms with Gasteiger partial charge in [0.25, 0.3) is 0 Å². The van der Waals surface area contributed by atoms with Gasteiger partial charge < -0.3 is 14.6 Å². The van der Waals surface area contributed by atoms with E-state index in [9.17, 15) is 4.79 Å². The van der Waals surface area contributed by atoms with Crippen LogP contribution in [-0.2, 0) is 15.1 Å². The number of aryl methyl sites for hydroxylation is 1. The fourth-order valence-electron chi connectivity index (χ4n) is 3.14. The minimum absolute atomic E-state index is 0.0107. The Kier molecular flexibility index (Phi) is 7.65.